The van der Waals surface area contributed by atoms with Crippen molar-refractivity contribution in [3.05, 3.63) is 0 Å². The van der Waals surface area contributed by atoms with E-state index in [0.717, 1.165) is 25.9 Å². The maximum Gasteiger partial charge on any atom is 0.223 e. The first-order chi connectivity index (χ1) is 7.75. The molecule has 1 amide bonds. The third-order valence-corrected chi connectivity index (χ3v) is 3.87. The second kappa shape index (κ2) is 5.67. The van der Waals surface area contributed by atoms with Crippen LogP contribution in [-0.4, -0.2) is 37.0 Å². The first-order valence-corrected chi connectivity index (χ1v) is 6.76. The Morgan fingerprint density at radius 2 is 2.00 bits per heavy atom. The Morgan fingerprint density at radius 1 is 1.31 bits per heavy atom. The first kappa shape index (κ1) is 11.9. The Hall–Kier alpha value is -0.570. The normalized spacial score (nSPS) is 24.1. The Morgan fingerprint density at radius 3 is 2.56 bits per heavy atom. The van der Waals surface area contributed by atoms with Gasteiger partial charge >= 0.3 is 0 Å². The van der Waals surface area contributed by atoms with Gasteiger partial charge in [0, 0.05) is 19.0 Å². The van der Waals surface area contributed by atoms with Crippen molar-refractivity contribution in [1.82, 2.24) is 10.2 Å². The summed E-state index contributed by atoms with van der Waals surface area (Å²) in [5.74, 6) is 1.21. The quantitative estimate of drug-likeness (QED) is 0.770. The highest BCUT2D eigenvalue weighted by Crippen LogP contribution is 2.26. The van der Waals surface area contributed by atoms with Gasteiger partial charge in [-0.25, -0.2) is 0 Å². The molecule has 1 atom stereocenters. The molecule has 1 heterocycles. The monoisotopic (exact) mass is 224 g/mol. The second-order valence-corrected chi connectivity index (χ2v) is 5.49. The molecule has 2 fully saturated rings. The molecule has 2 rings (SSSR count). The van der Waals surface area contributed by atoms with Crippen LogP contribution in [0.4, 0.5) is 0 Å². The molecule has 1 aliphatic heterocycles. The fourth-order valence-corrected chi connectivity index (χ4v) is 2.56. The van der Waals surface area contributed by atoms with Gasteiger partial charge in [0.2, 0.25) is 5.91 Å². The van der Waals surface area contributed by atoms with Gasteiger partial charge in [-0.1, -0.05) is 13.3 Å². The number of nitrogens with zero attached hydrogens (tertiary/aromatic N) is 1. The Balaban J connectivity index is 1.59. The summed E-state index contributed by atoms with van der Waals surface area (Å²) in [6.07, 6.45) is 6.14. The highest BCUT2D eigenvalue weighted by atomic mass is 16.1. The number of likely N-dealkylation sites (tertiary alicyclic amines) is 1. The predicted octanol–water partition coefficient (Wildman–Crippen LogP) is 1.63. The van der Waals surface area contributed by atoms with Gasteiger partial charge in [0.15, 0.2) is 0 Å². The van der Waals surface area contributed by atoms with Gasteiger partial charge in [-0.15, -0.1) is 0 Å². The minimum Gasteiger partial charge on any atom is -0.356 e. The Labute approximate surface area is 98.6 Å². The maximum absolute atomic E-state index is 11.6. The van der Waals surface area contributed by atoms with Gasteiger partial charge in [-0.3, -0.25) is 4.79 Å². The van der Waals surface area contributed by atoms with Crippen molar-refractivity contribution in [1.29, 1.82) is 0 Å². The fourth-order valence-electron chi connectivity index (χ4n) is 2.56. The molecule has 1 aliphatic carbocycles. The van der Waals surface area contributed by atoms with E-state index in [0.29, 0.717) is 17.7 Å². The van der Waals surface area contributed by atoms with Crippen molar-refractivity contribution in [3.8, 4) is 0 Å². The third-order valence-electron chi connectivity index (χ3n) is 3.87. The second-order valence-electron chi connectivity index (χ2n) is 5.49. The molecule has 0 spiro atoms. The molecule has 1 unspecified atom stereocenters. The smallest absolute Gasteiger partial charge is 0.223 e. The van der Waals surface area contributed by atoms with Crippen LogP contribution in [0.3, 0.4) is 0 Å². The highest BCUT2D eigenvalue weighted by molar-refractivity contribution is 5.79. The molecule has 1 saturated heterocycles. The van der Waals surface area contributed by atoms with Crippen LogP contribution in [-0.2, 0) is 4.79 Å². The first-order valence-electron chi connectivity index (χ1n) is 6.76. The van der Waals surface area contributed by atoms with Crippen LogP contribution in [0, 0.1) is 11.8 Å². The van der Waals surface area contributed by atoms with Crippen molar-refractivity contribution in [3.63, 3.8) is 0 Å². The van der Waals surface area contributed by atoms with Crippen LogP contribution in [0.2, 0.25) is 0 Å². The lowest BCUT2D eigenvalue weighted by molar-refractivity contribution is -0.127. The number of hydrogen-bond donors (Lipinski definition) is 1. The van der Waals surface area contributed by atoms with E-state index in [2.05, 4.69) is 17.1 Å². The van der Waals surface area contributed by atoms with Crippen molar-refractivity contribution in [2.75, 3.05) is 26.2 Å². The van der Waals surface area contributed by atoms with E-state index in [9.17, 15) is 4.79 Å². The molecule has 0 radical (unpaired) electrons. The largest absolute Gasteiger partial charge is 0.356 e. The molecular formula is C13H24N2O. The third kappa shape index (κ3) is 3.21. The number of carbonyl (C=O) groups is 1. The van der Waals surface area contributed by atoms with Crippen LogP contribution in [0.5, 0.6) is 0 Å². The topological polar surface area (TPSA) is 32.3 Å². The molecule has 3 heteroatoms. The van der Waals surface area contributed by atoms with Crippen molar-refractivity contribution in [2.45, 2.75) is 39.0 Å². The zero-order chi connectivity index (χ0) is 11.4. The summed E-state index contributed by atoms with van der Waals surface area (Å²) in [6, 6.07) is 0. The van der Waals surface area contributed by atoms with Gasteiger partial charge in [-0.2, -0.15) is 0 Å². The average molecular weight is 224 g/mol. The summed E-state index contributed by atoms with van der Waals surface area (Å²) in [5.41, 5.74) is 0. The molecule has 0 aromatic rings. The zero-order valence-electron chi connectivity index (χ0n) is 10.4. The van der Waals surface area contributed by atoms with E-state index in [1.165, 1.54) is 32.4 Å². The lowest BCUT2D eigenvalue weighted by atomic mass is 9.85. The molecule has 0 aromatic heterocycles. The average Bonchev–Trinajstić information content (AvgIpc) is 2.64. The molecule has 1 saturated carbocycles. The van der Waals surface area contributed by atoms with Gasteiger partial charge in [0.05, 0.1) is 0 Å². The predicted molar refractivity (Wildman–Crippen MR) is 65.2 cm³/mol. The van der Waals surface area contributed by atoms with E-state index in [1.54, 1.807) is 0 Å². The minimum absolute atomic E-state index is 0.291. The number of rotatable bonds is 5. The summed E-state index contributed by atoms with van der Waals surface area (Å²) in [4.78, 5) is 14.2. The summed E-state index contributed by atoms with van der Waals surface area (Å²) in [6.45, 7) is 6.73. The molecule has 92 valence electrons. The standard InChI is InChI=1S/C13H24N2O/c1-11(10-15-7-2-3-8-15)9-14-13(16)12-5-4-6-12/h11-12H,2-10H2,1H3,(H,14,16). The summed E-state index contributed by atoms with van der Waals surface area (Å²) in [7, 11) is 0. The van der Waals surface area contributed by atoms with E-state index in [-0.39, 0.29) is 0 Å². The molecule has 2 aliphatic rings. The van der Waals surface area contributed by atoms with Crippen LogP contribution >= 0.6 is 0 Å². The highest BCUT2D eigenvalue weighted by Gasteiger charge is 2.25. The Bertz CT molecular complexity index is 232. The van der Waals surface area contributed by atoms with Crippen LogP contribution in [0.1, 0.15) is 39.0 Å². The zero-order valence-corrected chi connectivity index (χ0v) is 10.4. The molecule has 3 nitrogen and oxygen atoms in total. The van der Waals surface area contributed by atoms with Crippen LogP contribution < -0.4 is 5.32 Å². The molecular weight excluding hydrogens is 200 g/mol. The lowest BCUT2D eigenvalue weighted by Crippen LogP contribution is -2.39. The number of carbonyl (C=O) groups excluding carboxylic acids is 1. The van der Waals surface area contributed by atoms with E-state index < -0.39 is 0 Å². The summed E-state index contributed by atoms with van der Waals surface area (Å²) in [5, 5.41) is 3.09. The van der Waals surface area contributed by atoms with Crippen molar-refractivity contribution >= 4 is 5.91 Å². The Kier molecular flexibility index (Phi) is 4.22. The fraction of sp³-hybridized carbons (Fsp3) is 0.923. The molecule has 16 heavy (non-hydrogen) atoms. The number of hydrogen-bond acceptors (Lipinski definition) is 2. The van der Waals surface area contributed by atoms with Gasteiger partial charge in [0.1, 0.15) is 0 Å². The van der Waals surface area contributed by atoms with Gasteiger partial charge < -0.3 is 10.2 Å². The van der Waals surface area contributed by atoms with E-state index >= 15 is 0 Å². The molecule has 1 N–H and O–H groups in total. The SMILES string of the molecule is CC(CNC(=O)C1CCC1)CN1CCCC1. The molecule has 0 bridgehead atoms. The van der Waals surface area contributed by atoms with E-state index in [4.69, 9.17) is 0 Å². The number of nitrogens with one attached hydrogen (secondary N) is 1. The minimum atomic E-state index is 0.291. The summed E-state index contributed by atoms with van der Waals surface area (Å²) < 4.78 is 0. The van der Waals surface area contributed by atoms with Gasteiger partial charge in [-0.05, 0) is 44.7 Å². The lowest BCUT2D eigenvalue weighted by Gasteiger charge is -2.26. The van der Waals surface area contributed by atoms with E-state index in [1.807, 2.05) is 0 Å². The van der Waals surface area contributed by atoms with Crippen molar-refractivity contribution in [2.24, 2.45) is 11.8 Å². The molecule has 0 aromatic carbocycles. The number of amides is 1. The van der Waals surface area contributed by atoms with Crippen LogP contribution in [0.25, 0.3) is 0 Å². The maximum atomic E-state index is 11.6. The summed E-state index contributed by atoms with van der Waals surface area (Å²) >= 11 is 0. The van der Waals surface area contributed by atoms with Crippen LogP contribution in [0.15, 0.2) is 0 Å². The van der Waals surface area contributed by atoms with Gasteiger partial charge in [0.25, 0.3) is 0 Å². The van der Waals surface area contributed by atoms with Crippen molar-refractivity contribution < 1.29 is 4.79 Å².